The second-order valence-corrected chi connectivity index (χ2v) is 1.63. The Balaban J connectivity index is 3.96. The van der Waals surface area contributed by atoms with Gasteiger partial charge in [0.2, 0.25) is 0 Å². The van der Waals surface area contributed by atoms with Crippen LogP contribution in [-0.2, 0) is 0 Å². The summed E-state index contributed by atoms with van der Waals surface area (Å²) in [5.74, 6) is 0. The third-order valence-electron chi connectivity index (χ3n) is 0.967. The second-order valence-electron chi connectivity index (χ2n) is 1.63. The van der Waals surface area contributed by atoms with Crippen molar-refractivity contribution in [3.63, 3.8) is 0 Å². The standard InChI is InChI=1S/C8H13N/c1-4-7-8(5-2)9-6-3/h4,6-7H,1,5H2,2-3H3/b8-7-,9-6?. The fourth-order valence-electron chi connectivity index (χ4n) is 0.554. The third-order valence-corrected chi connectivity index (χ3v) is 0.967. The molecule has 9 heavy (non-hydrogen) atoms. The normalized spacial score (nSPS) is 12.4. The molecular formula is C8H13N. The molecule has 0 aliphatic carbocycles. The first-order valence-corrected chi connectivity index (χ1v) is 3.15. The minimum atomic E-state index is 0.969. The zero-order valence-corrected chi connectivity index (χ0v) is 6.09. The molecule has 0 rings (SSSR count). The van der Waals surface area contributed by atoms with Crippen molar-refractivity contribution < 1.29 is 0 Å². The Labute approximate surface area is 56.8 Å². The van der Waals surface area contributed by atoms with Gasteiger partial charge in [0, 0.05) is 11.9 Å². The van der Waals surface area contributed by atoms with E-state index >= 15 is 0 Å². The van der Waals surface area contributed by atoms with Crippen LogP contribution in [0.2, 0.25) is 0 Å². The van der Waals surface area contributed by atoms with Crippen LogP contribution in [-0.4, -0.2) is 6.21 Å². The van der Waals surface area contributed by atoms with E-state index in [1.807, 2.05) is 13.0 Å². The number of hydrogen-bond acceptors (Lipinski definition) is 1. The van der Waals surface area contributed by atoms with Gasteiger partial charge in [0.05, 0.1) is 0 Å². The van der Waals surface area contributed by atoms with Gasteiger partial charge in [0.1, 0.15) is 0 Å². The molecule has 0 radical (unpaired) electrons. The molecule has 0 spiro atoms. The highest BCUT2D eigenvalue weighted by Gasteiger charge is 1.82. The summed E-state index contributed by atoms with van der Waals surface area (Å²) in [5.41, 5.74) is 1.08. The van der Waals surface area contributed by atoms with Crippen molar-refractivity contribution in [3.8, 4) is 0 Å². The van der Waals surface area contributed by atoms with Crippen LogP contribution in [0.3, 0.4) is 0 Å². The molecule has 0 unspecified atom stereocenters. The molecule has 0 amide bonds. The van der Waals surface area contributed by atoms with Crippen LogP contribution < -0.4 is 0 Å². The van der Waals surface area contributed by atoms with Crippen molar-refractivity contribution in [2.24, 2.45) is 4.99 Å². The van der Waals surface area contributed by atoms with E-state index in [0.717, 1.165) is 12.1 Å². The first-order chi connectivity index (χ1) is 4.35. The highest BCUT2D eigenvalue weighted by atomic mass is 14.7. The quantitative estimate of drug-likeness (QED) is 0.404. The average Bonchev–Trinajstić information content (AvgIpc) is 1.88. The maximum Gasteiger partial charge on any atom is 0.0396 e. The highest BCUT2D eigenvalue weighted by molar-refractivity contribution is 5.55. The van der Waals surface area contributed by atoms with Crippen LogP contribution in [0.15, 0.2) is 29.4 Å². The summed E-state index contributed by atoms with van der Waals surface area (Å²) < 4.78 is 0. The van der Waals surface area contributed by atoms with E-state index in [1.54, 1.807) is 12.3 Å². The fraction of sp³-hybridized carbons (Fsp3) is 0.375. The van der Waals surface area contributed by atoms with Crippen LogP contribution >= 0.6 is 0 Å². The van der Waals surface area contributed by atoms with Gasteiger partial charge in [0.25, 0.3) is 0 Å². The second kappa shape index (κ2) is 5.29. The van der Waals surface area contributed by atoms with Crippen LogP contribution in [0.4, 0.5) is 0 Å². The molecule has 1 heteroatoms. The number of nitrogens with zero attached hydrogens (tertiary/aromatic N) is 1. The summed E-state index contributed by atoms with van der Waals surface area (Å²) in [5, 5.41) is 0. The Bertz CT molecular complexity index is 132. The molecule has 0 saturated carbocycles. The van der Waals surface area contributed by atoms with E-state index in [4.69, 9.17) is 0 Å². The van der Waals surface area contributed by atoms with E-state index in [2.05, 4.69) is 18.5 Å². The van der Waals surface area contributed by atoms with Gasteiger partial charge in [-0.1, -0.05) is 19.6 Å². The average molecular weight is 123 g/mol. The van der Waals surface area contributed by atoms with Crippen LogP contribution in [0.5, 0.6) is 0 Å². The lowest BCUT2D eigenvalue weighted by Crippen LogP contribution is -1.72. The molecule has 0 heterocycles. The number of rotatable bonds is 3. The minimum Gasteiger partial charge on any atom is -0.266 e. The molecule has 50 valence electrons. The van der Waals surface area contributed by atoms with Crippen molar-refractivity contribution in [2.75, 3.05) is 0 Å². The van der Waals surface area contributed by atoms with Gasteiger partial charge < -0.3 is 0 Å². The Kier molecular flexibility index (Phi) is 4.79. The topological polar surface area (TPSA) is 12.4 Å². The molecule has 0 N–H and O–H groups in total. The summed E-state index contributed by atoms with van der Waals surface area (Å²) in [4.78, 5) is 4.10. The predicted molar refractivity (Wildman–Crippen MR) is 42.7 cm³/mol. The van der Waals surface area contributed by atoms with E-state index < -0.39 is 0 Å². The summed E-state index contributed by atoms with van der Waals surface area (Å²) in [7, 11) is 0. The first kappa shape index (κ1) is 8.15. The number of hydrogen-bond donors (Lipinski definition) is 0. The van der Waals surface area contributed by atoms with E-state index in [9.17, 15) is 0 Å². The lowest BCUT2D eigenvalue weighted by atomic mass is 10.3. The van der Waals surface area contributed by atoms with Crippen LogP contribution in [0.1, 0.15) is 20.3 Å². The molecule has 0 aromatic carbocycles. The Hall–Kier alpha value is -0.850. The van der Waals surface area contributed by atoms with E-state index in [-0.39, 0.29) is 0 Å². The molecule has 0 atom stereocenters. The first-order valence-electron chi connectivity index (χ1n) is 3.15. The van der Waals surface area contributed by atoms with Gasteiger partial charge in [0.15, 0.2) is 0 Å². The van der Waals surface area contributed by atoms with Crippen LogP contribution in [0, 0.1) is 0 Å². The molecular weight excluding hydrogens is 110 g/mol. The van der Waals surface area contributed by atoms with Crippen molar-refractivity contribution in [1.82, 2.24) is 0 Å². The lowest BCUT2D eigenvalue weighted by molar-refractivity contribution is 1.07. The monoisotopic (exact) mass is 123 g/mol. The fourth-order valence-corrected chi connectivity index (χ4v) is 0.554. The Morgan fingerprint density at radius 1 is 1.67 bits per heavy atom. The van der Waals surface area contributed by atoms with Gasteiger partial charge >= 0.3 is 0 Å². The number of aliphatic imine (C=N–C) groups is 1. The van der Waals surface area contributed by atoms with E-state index in [0.29, 0.717) is 0 Å². The van der Waals surface area contributed by atoms with Gasteiger partial charge in [-0.2, -0.15) is 0 Å². The zero-order valence-electron chi connectivity index (χ0n) is 6.09. The van der Waals surface area contributed by atoms with Gasteiger partial charge in [-0.3, -0.25) is 4.99 Å². The molecule has 0 saturated heterocycles. The van der Waals surface area contributed by atoms with E-state index in [1.165, 1.54) is 0 Å². The van der Waals surface area contributed by atoms with Crippen LogP contribution in [0.25, 0.3) is 0 Å². The molecule has 1 nitrogen and oxygen atoms in total. The zero-order chi connectivity index (χ0) is 7.11. The minimum absolute atomic E-state index is 0.969. The molecule has 0 aliphatic rings. The summed E-state index contributed by atoms with van der Waals surface area (Å²) in [6, 6.07) is 0. The molecule has 0 aromatic heterocycles. The maximum atomic E-state index is 4.10. The Morgan fingerprint density at radius 3 is 2.67 bits per heavy atom. The highest BCUT2D eigenvalue weighted by Crippen LogP contribution is 2.00. The van der Waals surface area contributed by atoms with Crippen molar-refractivity contribution >= 4 is 6.21 Å². The molecule has 0 aromatic rings. The lowest BCUT2D eigenvalue weighted by Gasteiger charge is -1.90. The predicted octanol–water partition coefficient (Wildman–Crippen LogP) is 2.56. The van der Waals surface area contributed by atoms with Crippen molar-refractivity contribution in [1.29, 1.82) is 0 Å². The third kappa shape index (κ3) is 3.71. The molecule has 0 fully saturated rings. The maximum absolute atomic E-state index is 4.10. The molecule has 0 bridgehead atoms. The number of allylic oxidation sites excluding steroid dienone is 3. The largest absolute Gasteiger partial charge is 0.266 e. The summed E-state index contributed by atoms with van der Waals surface area (Å²) in [6.07, 6.45) is 6.43. The summed E-state index contributed by atoms with van der Waals surface area (Å²) >= 11 is 0. The van der Waals surface area contributed by atoms with Gasteiger partial charge in [-0.25, -0.2) is 0 Å². The smallest absolute Gasteiger partial charge is 0.0396 e. The Morgan fingerprint density at radius 2 is 2.33 bits per heavy atom. The van der Waals surface area contributed by atoms with Gasteiger partial charge in [-0.05, 0) is 19.4 Å². The van der Waals surface area contributed by atoms with Crippen molar-refractivity contribution in [2.45, 2.75) is 20.3 Å². The van der Waals surface area contributed by atoms with Crippen molar-refractivity contribution in [3.05, 3.63) is 24.4 Å². The SMILES string of the molecule is C=C/C=C(/CC)N=CC. The summed E-state index contributed by atoms with van der Waals surface area (Å²) in [6.45, 7) is 7.56. The van der Waals surface area contributed by atoms with Gasteiger partial charge in [-0.15, -0.1) is 0 Å². The molecule has 0 aliphatic heterocycles.